The van der Waals surface area contributed by atoms with Crippen LogP contribution in [0.1, 0.15) is 15.2 Å². The number of rotatable bonds is 5. The van der Waals surface area contributed by atoms with E-state index >= 15 is 0 Å². The normalized spacial score (nSPS) is 10.4. The fraction of sp³-hybridized carbons (Fsp3) is 0.214. The van der Waals surface area contributed by atoms with Crippen LogP contribution in [0.25, 0.3) is 0 Å². The van der Waals surface area contributed by atoms with Crippen molar-refractivity contribution >= 4 is 40.6 Å². The summed E-state index contributed by atoms with van der Waals surface area (Å²) in [6.45, 7) is 2.61. The molecule has 0 aliphatic heterocycles. The summed E-state index contributed by atoms with van der Waals surface area (Å²) in [4.78, 5) is 13.8. The van der Waals surface area contributed by atoms with Gasteiger partial charge in [-0.2, -0.15) is 0 Å². The summed E-state index contributed by atoms with van der Waals surface area (Å²) < 4.78 is 0. The maximum absolute atomic E-state index is 11.9. The smallest absolute Gasteiger partial charge is 0.261 e. The molecule has 0 fully saturated rings. The highest BCUT2D eigenvalue weighted by atomic mass is 35.5. The van der Waals surface area contributed by atoms with Crippen LogP contribution in [0.2, 0.25) is 5.02 Å². The second-order valence-electron chi connectivity index (χ2n) is 3.99. The Morgan fingerprint density at radius 1 is 1.32 bits per heavy atom. The molecule has 2 rings (SSSR count). The van der Waals surface area contributed by atoms with Crippen LogP contribution in [0.3, 0.4) is 0 Å². The Morgan fingerprint density at radius 3 is 2.68 bits per heavy atom. The third kappa shape index (κ3) is 4.27. The Morgan fingerprint density at radius 2 is 2.05 bits per heavy atom. The van der Waals surface area contributed by atoms with Crippen molar-refractivity contribution in [3.05, 3.63) is 51.2 Å². The number of carbonyl (C=O) groups is 1. The first kappa shape index (κ1) is 14.4. The first-order valence-electron chi connectivity index (χ1n) is 5.87. The molecule has 100 valence electrons. The van der Waals surface area contributed by atoms with E-state index in [1.807, 2.05) is 42.6 Å². The molecule has 2 nitrogen and oxygen atoms in total. The van der Waals surface area contributed by atoms with E-state index in [0.717, 1.165) is 26.1 Å². The molecular formula is C14H14ClNOS2. The molecule has 0 spiro atoms. The van der Waals surface area contributed by atoms with Crippen LogP contribution in [0, 0.1) is 6.92 Å². The summed E-state index contributed by atoms with van der Waals surface area (Å²) in [6, 6.07) is 9.67. The Balaban J connectivity index is 1.74. The predicted molar refractivity (Wildman–Crippen MR) is 83.6 cm³/mol. The van der Waals surface area contributed by atoms with Gasteiger partial charge in [0, 0.05) is 22.2 Å². The van der Waals surface area contributed by atoms with Crippen LogP contribution in [-0.2, 0) is 0 Å². The van der Waals surface area contributed by atoms with Crippen LogP contribution in [-0.4, -0.2) is 18.2 Å². The molecule has 0 aliphatic carbocycles. The summed E-state index contributed by atoms with van der Waals surface area (Å²) in [5, 5.41) is 5.61. The number of hydrogen-bond acceptors (Lipinski definition) is 3. The first-order valence-corrected chi connectivity index (χ1v) is 8.12. The fourth-order valence-electron chi connectivity index (χ4n) is 1.55. The van der Waals surface area contributed by atoms with Gasteiger partial charge in [0.1, 0.15) is 0 Å². The summed E-state index contributed by atoms with van der Waals surface area (Å²) in [6.07, 6.45) is 0. The lowest BCUT2D eigenvalue weighted by molar-refractivity contribution is 0.0959. The van der Waals surface area contributed by atoms with Crippen molar-refractivity contribution in [1.82, 2.24) is 5.32 Å². The quantitative estimate of drug-likeness (QED) is 0.661. The van der Waals surface area contributed by atoms with Gasteiger partial charge < -0.3 is 5.32 Å². The minimum atomic E-state index is 0.0178. The molecule has 0 atom stereocenters. The Kier molecular flexibility index (Phi) is 5.31. The highest BCUT2D eigenvalue weighted by Gasteiger charge is 2.09. The largest absolute Gasteiger partial charge is 0.350 e. The van der Waals surface area contributed by atoms with Crippen LogP contribution < -0.4 is 5.32 Å². The van der Waals surface area contributed by atoms with Crippen molar-refractivity contribution in [3.8, 4) is 0 Å². The average Bonchev–Trinajstić information content (AvgIpc) is 2.83. The van der Waals surface area contributed by atoms with Gasteiger partial charge in [0.25, 0.3) is 5.91 Å². The molecule has 1 heterocycles. The highest BCUT2D eigenvalue weighted by molar-refractivity contribution is 7.99. The number of carbonyl (C=O) groups excluding carboxylic acids is 1. The molecule has 0 saturated heterocycles. The molecule has 1 N–H and O–H groups in total. The lowest BCUT2D eigenvalue weighted by Gasteiger charge is -2.05. The summed E-state index contributed by atoms with van der Waals surface area (Å²) in [5.41, 5.74) is 1.04. The standard InChI is InChI=1S/C14H14ClNOS2/c1-10-6-8-19-13(10)14(17)16-7-9-18-12-4-2-11(15)3-5-12/h2-6,8H,7,9H2,1H3,(H,16,17). The second-order valence-corrected chi connectivity index (χ2v) is 6.51. The van der Waals surface area contributed by atoms with Crippen molar-refractivity contribution in [1.29, 1.82) is 0 Å². The SMILES string of the molecule is Cc1ccsc1C(=O)NCCSc1ccc(Cl)cc1. The molecule has 0 unspecified atom stereocenters. The Bertz CT molecular complexity index is 551. The van der Waals surface area contributed by atoms with E-state index < -0.39 is 0 Å². The number of hydrogen-bond donors (Lipinski definition) is 1. The third-order valence-corrected chi connectivity index (χ3v) is 4.82. The number of thiophene rings is 1. The van der Waals surface area contributed by atoms with Gasteiger partial charge in [-0.15, -0.1) is 23.1 Å². The molecule has 0 bridgehead atoms. The lowest BCUT2D eigenvalue weighted by atomic mass is 10.3. The zero-order chi connectivity index (χ0) is 13.7. The molecular weight excluding hydrogens is 298 g/mol. The third-order valence-electron chi connectivity index (χ3n) is 2.54. The Labute approximate surface area is 126 Å². The van der Waals surface area contributed by atoms with Gasteiger partial charge >= 0.3 is 0 Å². The summed E-state index contributed by atoms with van der Waals surface area (Å²) in [7, 11) is 0. The zero-order valence-corrected chi connectivity index (χ0v) is 12.9. The van der Waals surface area contributed by atoms with Gasteiger partial charge in [-0.3, -0.25) is 4.79 Å². The summed E-state index contributed by atoms with van der Waals surface area (Å²) in [5.74, 6) is 0.863. The zero-order valence-electron chi connectivity index (χ0n) is 10.5. The molecule has 0 saturated carbocycles. The number of benzene rings is 1. The number of halogens is 1. The topological polar surface area (TPSA) is 29.1 Å². The lowest BCUT2D eigenvalue weighted by Crippen LogP contribution is -2.25. The van der Waals surface area contributed by atoms with Gasteiger partial charge in [0.05, 0.1) is 4.88 Å². The van der Waals surface area contributed by atoms with Gasteiger partial charge in [0.2, 0.25) is 0 Å². The van der Waals surface area contributed by atoms with Crippen LogP contribution in [0.4, 0.5) is 0 Å². The number of amides is 1. The number of aryl methyl sites for hydroxylation is 1. The number of thioether (sulfide) groups is 1. The van der Waals surface area contributed by atoms with Gasteiger partial charge in [-0.05, 0) is 48.2 Å². The molecule has 1 amide bonds. The summed E-state index contributed by atoms with van der Waals surface area (Å²) >= 11 is 9.00. The van der Waals surface area contributed by atoms with Gasteiger partial charge in [-0.1, -0.05) is 11.6 Å². The van der Waals surface area contributed by atoms with E-state index in [1.54, 1.807) is 11.8 Å². The maximum Gasteiger partial charge on any atom is 0.261 e. The average molecular weight is 312 g/mol. The molecule has 0 radical (unpaired) electrons. The van der Waals surface area contributed by atoms with E-state index in [-0.39, 0.29) is 5.91 Å². The van der Waals surface area contributed by atoms with E-state index in [9.17, 15) is 4.79 Å². The van der Waals surface area contributed by atoms with E-state index in [1.165, 1.54) is 11.3 Å². The van der Waals surface area contributed by atoms with E-state index in [2.05, 4.69) is 5.32 Å². The number of nitrogens with one attached hydrogen (secondary N) is 1. The molecule has 5 heteroatoms. The molecule has 1 aromatic heterocycles. The molecule has 0 aliphatic rings. The van der Waals surface area contributed by atoms with Crippen LogP contribution >= 0.6 is 34.7 Å². The maximum atomic E-state index is 11.9. The predicted octanol–water partition coefficient (Wildman–Crippen LogP) is 4.23. The van der Waals surface area contributed by atoms with E-state index in [0.29, 0.717) is 6.54 Å². The fourth-order valence-corrected chi connectivity index (χ4v) is 3.29. The second kappa shape index (κ2) is 6.98. The van der Waals surface area contributed by atoms with Crippen LogP contribution in [0.15, 0.2) is 40.6 Å². The van der Waals surface area contributed by atoms with Crippen molar-refractivity contribution in [2.24, 2.45) is 0 Å². The van der Waals surface area contributed by atoms with Crippen LogP contribution in [0.5, 0.6) is 0 Å². The molecule has 1 aromatic carbocycles. The van der Waals surface area contributed by atoms with E-state index in [4.69, 9.17) is 11.6 Å². The van der Waals surface area contributed by atoms with Crippen molar-refractivity contribution in [2.75, 3.05) is 12.3 Å². The minimum absolute atomic E-state index is 0.0178. The minimum Gasteiger partial charge on any atom is -0.350 e. The van der Waals surface area contributed by atoms with Crippen molar-refractivity contribution < 1.29 is 4.79 Å². The Hall–Kier alpha value is -0.970. The van der Waals surface area contributed by atoms with Gasteiger partial charge in [0.15, 0.2) is 0 Å². The monoisotopic (exact) mass is 311 g/mol. The van der Waals surface area contributed by atoms with Crippen molar-refractivity contribution in [3.63, 3.8) is 0 Å². The molecule has 19 heavy (non-hydrogen) atoms. The first-order chi connectivity index (χ1) is 9.16. The van der Waals surface area contributed by atoms with Gasteiger partial charge in [-0.25, -0.2) is 0 Å². The highest BCUT2D eigenvalue weighted by Crippen LogP contribution is 2.20. The molecule has 2 aromatic rings. The van der Waals surface area contributed by atoms with Crippen molar-refractivity contribution in [2.45, 2.75) is 11.8 Å².